The van der Waals surface area contributed by atoms with Crippen molar-refractivity contribution in [2.24, 2.45) is 0 Å². The van der Waals surface area contributed by atoms with Gasteiger partial charge in [-0.25, -0.2) is 0 Å². The number of amides is 1. The second-order valence-corrected chi connectivity index (χ2v) is 6.32. The fraction of sp³-hybridized carbons (Fsp3) is 0.211. The van der Waals surface area contributed by atoms with Gasteiger partial charge in [0.25, 0.3) is 0 Å². The van der Waals surface area contributed by atoms with Gasteiger partial charge in [0.2, 0.25) is 5.91 Å². The van der Waals surface area contributed by atoms with Crippen LogP contribution in [-0.2, 0) is 17.9 Å². The van der Waals surface area contributed by atoms with E-state index in [1.165, 1.54) is 6.08 Å². The molecule has 26 heavy (non-hydrogen) atoms. The lowest BCUT2D eigenvalue weighted by molar-refractivity contribution is -0.111. The minimum absolute atomic E-state index is 0.212. The third kappa shape index (κ3) is 4.40. The summed E-state index contributed by atoms with van der Waals surface area (Å²) in [4.78, 5) is 12.1. The van der Waals surface area contributed by atoms with Crippen LogP contribution in [0.5, 0.6) is 0 Å². The predicted molar refractivity (Wildman–Crippen MR) is 103 cm³/mol. The Hall–Kier alpha value is -2.86. The van der Waals surface area contributed by atoms with Gasteiger partial charge in [-0.1, -0.05) is 23.7 Å². The van der Waals surface area contributed by atoms with Crippen LogP contribution in [0.1, 0.15) is 23.7 Å². The number of nitrogens with one attached hydrogen (secondary N) is 1. The van der Waals surface area contributed by atoms with Gasteiger partial charge in [-0.3, -0.25) is 14.2 Å². The van der Waals surface area contributed by atoms with Crippen LogP contribution in [0, 0.1) is 6.92 Å². The molecule has 0 fully saturated rings. The van der Waals surface area contributed by atoms with Crippen LogP contribution in [0.3, 0.4) is 0 Å². The van der Waals surface area contributed by atoms with Crippen molar-refractivity contribution in [1.82, 2.24) is 19.6 Å². The number of hydrogen-bond donors (Lipinski definition) is 1. The molecule has 1 amide bonds. The fourth-order valence-corrected chi connectivity index (χ4v) is 2.84. The van der Waals surface area contributed by atoms with E-state index in [1.807, 2.05) is 42.8 Å². The summed E-state index contributed by atoms with van der Waals surface area (Å²) in [6, 6.07) is 7.60. The van der Waals surface area contributed by atoms with E-state index in [0.717, 1.165) is 23.4 Å². The van der Waals surface area contributed by atoms with Gasteiger partial charge in [0.15, 0.2) is 0 Å². The topological polar surface area (TPSA) is 64.7 Å². The van der Waals surface area contributed by atoms with Crippen LogP contribution < -0.4 is 5.32 Å². The molecular weight excluding hydrogens is 350 g/mol. The zero-order valence-corrected chi connectivity index (χ0v) is 15.4. The van der Waals surface area contributed by atoms with Gasteiger partial charge in [0.05, 0.1) is 24.6 Å². The molecule has 0 unspecified atom stereocenters. The molecule has 0 aliphatic heterocycles. The van der Waals surface area contributed by atoms with Gasteiger partial charge in [-0.15, -0.1) is 0 Å². The highest BCUT2D eigenvalue weighted by Gasteiger charge is 2.05. The van der Waals surface area contributed by atoms with Crippen molar-refractivity contribution in [1.29, 1.82) is 0 Å². The molecule has 0 radical (unpaired) electrons. The van der Waals surface area contributed by atoms with E-state index in [2.05, 4.69) is 15.5 Å². The first-order valence-electron chi connectivity index (χ1n) is 8.33. The number of halogens is 1. The standard InChI is InChI=1S/C19H20ClN5O/c1-3-25-14(2)16(10-22-25)7-8-19(26)23-18-11-21-24(13-18)12-15-5-4-6-17(20)9-15/h4-11,13H,3,12H2,1-2H3,(H,23,26)/b8-7+. The molecule has 3 rings (SSSR count). The Bertz CT molecular complexity index is 941. The van der Waals surface area contributed by atoms with Gasteiger partial charge in [0.1, 0.15) is 0 Å². The number of carbonyl (C=O) groups excluding carboxylic acids is 1. The van der Waals surface area contributed by atoms with E-state index >= 15 is 0 Å². The second kappa shape index (κ2) is 8.01. The molecule has 0 atom stereocenters. The maximum absolute atomic E-state index is 12.1. The summed E-state index contributed by atoms with van der Waals surface area (Å²) in [6.45, 7) is 5.40. The van der Waals surface area contributed by atoms with E-state index in [9.17, 15) is 4.79 Å². The number of aromatic nitrogens is 4. The summed E-state index contributed by atoms with van der Waals surface area (Å²) in [7, 11) is 0. The summed E-state index contributed by atoms with van der Waals surface area (Å²) in [5, 5.41) is 12.0. The van der Waals surface area contributed by atoms with Crippen molar-refractivity contribution in [3.63, 3.8) is 0 Å². The van der Waals surface area contributed by atoms with Gasteiger partial charge in [0, 0.05) is 35.1 Å². The summed E-state index contributed by atoms with van der Waals surface area (Å²) < 4.78 is 3.64. The first-order chi connectivity index (χ1) is 12.5. The number of anilines is 1. The van der Waals surface area contributed by atoms with Crippen molar-refractivity contribution in [3.05, 3.63) is 70.8 Å². The predicted octanol–water partition coefficient (Wildman–Crippen LogP) is 3.76. The highest BCUT2D eigenvalue weighted by atomic mass is 35.5. The van der Waals surface area contributed by atoms with Crippen molar-refractivity contribution >= 4 is 29.3 Å². The third-order valence-electron chi connectivity index (χ3n) is 3.99. The maximum atomic E-state index is 12.1. The monoisotopic (exact) mass is 369 g/mol. The average Bonchev–Trinajstić information content (AvgIpc) is 3.19. The smallest absolute Gasteiger partial charge is 0.248 e. The SMILES string of the molecule is CCn1ncc(/C=C/C(=O)Nc2cnn(Cc3cccc(Cl)c3)c2)c1C. The molecular formula is C19H20ClN5O. The largest absolute Gasteiger partial charge is 0.320 e. The van der Waals surface area contributed by atoms with Crippen molar-refractivity contribution in [3.8, 4) is 0 Å². The lowest BCUT2D eigenvalue weighted by Crippen LogP contribution is -2.07. The lowest BCUT2D eigenvalue weighted by Gasteiger charge is -2.02. The summed E-state index contributed by atoms with van der Waals surface area (Å²) in [6.07, 6.45) is 8.42. The van der Waals surface area contributed by atoms with Crippen molar-refractivity contribution in [2.75, 3.05) is 5.32 Å². The molecule has 0 aliphatic carbocycles. The molecule has 2 heterocycles. The normalized spacial score (nSPS) is 11.2. The highest BCUT2D eigenvalue weighted by molar-refractivity contribution is 6.30. The Balaban J connectivity index is 1.60. The third-order valence-corrected chi connectivity index (χ3v) is 4.22. The average molecular weight is 370 g/mol. The number of nitrogens with zero attached hydrogens (tertiary/aromatic N) is 4. The molecule has 0 saturated heterocycles. The first kappa shape index (κ1) is 17.9. The quantitative estimate of drug-likeness (QED) is 0.673. The van der Waals surface area contributed by atoms with E-state index in [4.69, 9.17) is 11.6 Å². The van der Waals surface area contributed by atoms with Crippen molar-refractivity contribution in [2.45, 2.75) is 26.9 Å². The summed E-state index contributed by atoms with van der Waals surface area (Å²) >= 11 is 5.99. The molecule has 3 aromatic rings. The van der Waals surface area contributed by atoms with Crippen LogP contribution in [0.4, 0.5) is 5.69 Å². The summed E-state index contributed by atoms with van der Waals surface area (Å²) in [5.41, 5.74) is 3.65. The van der Waals surface area contributed by atoms with Crippen LogP contribution in [0.15, 0.2) is 48.9 Å². The molecule has 0 aliphatic rings. The minimum atomic E-state index is -0.212. The van der Waals surface area contributed by atoms with Crippen molar-refractivity contribution < 1.29 is 4.79 Å². The van der Waals surface area contributed by atoms with Crippen LogP contribution in [0.2, 0.25) is 5.02 Å². The van der Waals surface area contributed by atoms with Gasteiger partial charge in [-0.2, -0.15) is 10.2 Å². The Kier molecular flexibility index (Phi) is 5.53. The molecule has 1 N–H and O–H groups in total. The molecule has 0 spiro atoms. The fourth-order valence-electron chi connectivity index (χ4n) is 2.63. The maximum Gasteiger partial charge on any atom is 0.248 e. The second-order valence-electron chi connectivity index (χ2n) is 5.88. The Morgan fingerprint density at radius 3 is 2.88 bits per heavy atom. The highest BCUT2D eigenvalue weighted by Crippen LogP contribution is 2.13. The minimum Gasteiger partial charge on any atom is -0.320 e. The zero-order valence-electron chi connectivity index (χ0n) is 14.7. The summed E-state index contributed by atoms with van der Waals surface area (Å²) in [5.74, 6) is -0.212. The number of aryl methyl sites for hydroxylation is 1. The van der Waals surface area contributed by atoms with Crippen LogP contribution in [0.25, 0.3) is 6.08 Å². The molecule has 0 bridgehead atoms. The molecule has 2 aromatic heterocycles. The molecule has 7 heteroatoms. The van der Waals surface area contributed by atoms with E-state index in [-0.39, 0.29) is 5.91 Å². The number of benzene rings is 1. The van der Waals surface area contributed by atoms with Gasteiger partial charge < -0.3 is 5.32 Å². The van der Waals surface area contributed by atoms with E-state index in [0.29, 0.717) is 17.3 Å². The Labute approximate surface area is 157 Å². The zero-order chi connectivity index (χ0) is 18.5. The van der Waals surface area contributed by atoms with Gasteiger partial charge in [-0.05, 0) is 37.6 Å². The number of hydrogen-bond acceptors (Lipinski definition) is 3. The lowest BCUT2D eigenvalue weighted by atomic mass is 10.2. The molecule has 6 nitrogen and oxygen atoms in total. The van der Waals surface area contributed by atoms with E-state index in [1.54, 1.807) is 29.3 Å². The van der Waals surface area contributed by atoms with Gasteiger partial charge >= 0.3 is 0 Å². The molecule has 1 aromatic carbocycles. The number of carbonyl (C=O) groups is 1. The molecule has 134 valence electrons. The first-order valence-corrected chi connectivity index (χ1v) is 8.71. The Morgan fingerprint density at radius 1 is 1.31 bits per heavy atom. The Morgan fingerprint density at radius 2 is 2.15 bits per heavy atom. The van der Waals surface area contributed by atoms with Crippen LogP contribution >= 0.6 is 11.6 Å². The number of rotatable bonds is 6. The van der Waals surface area contributed by atoms with Crippen LogP contribution in [-0.4, -0.2) is 25.5 Å². The van der Waals surface area contributed by atoms with E-state index < -0.39 is 0 Å². The molecule has 0 saturated carbocycles.